The van der Waals surface area contributed by atoms with Gasteiger partial charge in [0.1, 0.15) is 0 Å². The topological polar surface area (TPSA) is 41.6 Å². The third-order valence-corrected chi connectivity index (χ3v) is 6.20. The number of nitrogens with zero attached hydrogens (tertiary/aromatic N) is 1. The van der Waals surface area contributed by atoms with E-state index in [0.717, 1.165) is 31.6 Å². The Morgan fingerprint density at radius 1 is 1.11 bits per heavy atom. The Bertz CT molecular complexity index is 792. The second-order valence-corrected chi connectivity index (χ2v) is 8.21. The summed E-state index contributed by atoms with van der Waals surface area (Å²) in [5, 5.41) is 4.21. The molecule has 0 radical (unpaired) electrons. The van der Waals surface area contributed by atoms with Gasteiger partial charge in [-0.2, -0.15) is 0 Å². The highest BCUT2D eigenvalue weighted by Crippen LogP contribution is 2.34. The predicted molar refractivity (Wildman–Crippen MR) is 114 cm³/mol. The molecule has 2 aromatic rings. The first-order valence-electron chi connectivity index (χ1n) is 9.52. The fraction of sp³-hybridized carbons (Fsp3) is 0.409. The lowest BCUT2D eigenvalue weighted by atomic mass is 9.74. The molecule has 1 aliphatic heterocycles. The van der Waals surface area contributed by atoms with Gasteiger partial charge in [-0.05, 0) is 37.1 Å². The minimum absolute atomic E-state index is 0.00227. The standard InChI is InChI=1S/C22H26Cl2N2O2/c1-26(14-17-6-5-9-19(23)21(17)24)15-20(27)25-16-22(10-12-28-13-11-22)18-7-3-2-4-8-18/h2-9H,10-16H2,1H3,(H,25,27). The number of hydrogen-bond acceptors (Lipinski definition) is 3. The van der Waals surface area contributed by atoms with Gasteiger partial charge >= 0.3 is 0 Å². The summed E-state index contributed by atoms with van der Waals surface area (Å²) in [5.74, 6) is 0.00227. The van der Waals surface area contributed by atoms with E-state index in [0.29, 0.717) is 29.7 Å². The molecule has 1 heterocycles. The van der Waals surface area contributed by atoms with Crippen molar-refractivity contribution in [1.29, 1.82) is 0 Å². The lowest BCUT2D eigenvalue weighted by molar-refractivity contribution is -0.122. The van der Waals surface area contributed by atoms with Crippen LogP contribution in [0.25, 0.3) is 0 Å². The van der Waals surface area contributed by atoms with Crippen molar-refractivity contribution in [3.05, 3.63) is 69.7 Å². The summed E-state index contributed by atoms with van der Waals surface area (Å²) >= 11 is 12.3. The van der Waals surface area contributed by atoms with Gasteiger partial charge in [-0.3, -0.25) is 9.69 Å². The van der Waals surface area contributed by atoms with Crippen LogP contribution in [-0.2, 0) is 21.5 Å². The first-order valence-corrected chi connectivity index (χ1v) is 10.3. The Morgan fingerprint density at radius 3 is 2.54 bits per heavy atom. The van der Waals surface area contributed by atoms with Crippen LogP contribution in [0.15, 0.2) is 48.5 Å². The molecule has 2 aromatic carbocycles. The third-order valence-electron chi connectivity index (χ3n) is 5.35. The number of benzene rings is 2. The number of nitrogens with one attached hydrogen (secondary N) is 1. The number of amides is 1. The number of halogens is 2. The smallest absolute Gasteiger partial charge is 0.234 e. The van der Waals surface area contributed by atoms with Crippen molar-refractivity contribution < 1.29 is 9.53 Å². The van der Waals surface area contributed by atoms with E-state index in [9.17, 15) is 4.79 Å². The summed E-state index contributed by atoms with van der Waals surface area (Å²) in [5.41, 5.74) is 2.11. The first kappa shape index (κ1) is 21.1. The SMILES string of the molecule is CN(CC(=O)NCC1(c2ccccc2)CCOCC1)Cc1cccc(Cl)c1Cl. The molecular formula is C22H26Cl2N2O2. The van der Waals surface area contributed by atoms with Gasteiger partial charge < -0.3 is 10.1 Å². The predicted octanol–water partition coefficient (Wildman–Crippen LogP) is 4.29. The second kappa shape index (κ2) is 9.75. The molecule has 1 aliphatic rings. The first-order chi connectivity index (χ1) is 13.5. The molecule has 1 fully saturated rings. The highest BCUT2D eigenvalue weighted by atomic mass is 35.5. The summed E-state index contributed by atoms with van der Waals surface area (Å²) in [6.45, 7) is 2.91. The van der Waals surface area contributed by atoms with Gasteiger partial charge in [-0.1, -0.05) is 65.7 Å². The molecule has 0 atom stereocenters. The number of rotatable bonds is 7. The molecular weight excluding hydrogens is 395 g/mol. The van der Waals surface area contributed by atoms with Crippen molar-refractivity contribution in [2.45, 2.75) is 24.8 Å². The minimum Gasteiger partial charge on any atom is -0.381 e. The molecule has 1 N–H and O–H groups in total. The molecule has 1 amide bonds. The zero-order chi connectivity index (χ0) is 20.0. The summed E-state index contributed by atoms with van der Waals surface area (Å²) in [4.78, 5) is 14.5. The van der Waals surface area contributed by atoms with Gasteiger partial charge in [-0.25, -0.2) is 0 Å². The normalized spacial score (nSPS) is 16.1. The van der Waals surface area contributed by atoms with E-state index in [1.165, 1.54) is 5.56 Å². The minimum atomic E-state index is -0.0655. The quantitative estimate of drug-likeness (QED) is 0.725. The van der Waals surface area contributed by atoms with Crippen molar-refractivity contribution in [3.63, 3.8) is 0 Å². The van der Waals surface area contributed by atoms with Crippen molar-refractivity contribution >= 4 is 29.1 Å². The molecule has 0 aromatic heterocycles. The van der Waals surface area contributed by atoms with Gasteiger partial charge in [-0.15, -0.1) is 0 Å². The number of carbonyl (C=O) groups is 1. The molecule has 1 saturated heterocycles. The lowest BCUT2D eigenvalue weighted by Gasteiger charge is -2.38. The van der Waals surface area contributed by atoms with Crippen molar-refractivity contribution in [2.75, 3.05) is 33.4 Å². The van der Waals surface area contributed by atoms with Crippen LogP contribution < -0.4 is 5.32 Å². The van der Waals surface area contributed by atoms with E-state index in [1.54, 1.807) is 6.07 Å². The number of hydrogen-bond donors (Lipinski definition) is 1. The summed E-state index contributed by atoms with van der Waals surface area (Å²) < 4.78 is 5.56. The average molecular weight is 421 g/mol. The molecule has 0 unspecified atom stereocenters. The maximum Gasteiger partial charge on any atom is 0.234 e. The Labute approximate surface area is 176 Å². The third kappa shape index (κ3) is 5.26. The molecule has 150 valence electrons. The molecule has 6 heteroatoms. The Morgan fingerprint density at radius 2 is 1.82 bits per heavy atom. The summed E-state index contributed by atoms with van der Waals surface area (Å²) in [7, 11) is 1.90. The van der Waals surface area contributed by atoms with Crippen LogP contribution in [0.4, 0.5) is 0 Å². The van der Waals surface area contributed by atoms with Crippen molar-refractivity contribution in [2.24, 2.45) is 0 Å². The summed E-state index contributed by atoms with van der Waals surface area (Å²) in [6.07, 6.45) is 1.82. The number of carbonyl (C=O) groups excluding carboxylic acids is 1. The molecule has 0 saturated carbocycles. The highest BCUT2D eigenvalue weighted by Gasteiger charge is 2.34. The van der Waals surface area contributed by atoms with Crippen LogP contribution in [0.5, 0.6) is 0 Å². The molecule has 28 heavy (non-hydrogen) atoms. The monoisotopic (exact) mass is 420 g/mol. The molecule has 3 rings (SSSR count). The van der Waals surface area contributed by atoms with E-state index in [2.05, 4.69) is 29.6 Å². The summed E-state index contributed by atoms with van der Waals surface area (Å²) in [6, 6.07) is 16.0. The largest absolute Gasteiger partial charge is 0.381 e. The van der Waals surface area contributed by atoms with Crippen LogP contribution in [0, 0.1) is 0 Å². The van der Waals surface area contributed by atoms with Crippen LogP contribution >= 0.6 is 23.2 Å². The van der Waals surface area contributed by atoms with E-state index in [1.807, 2.05) is 30.1 Å². The van der Waals surface area contributed by atoms with Gasteiger partial charge in [0.2, 0.25) is 5.91 Å². The fourth-order valence-electron chi connectivity index (χ4n) is 3.71. The molecule has 4 nitrogen and oxygen atoms in total. The van der Waals surface area contributed by atoms with Crippen molar-refractivity contribution in [1.82, 2.24) is 10.2 Å². The molecule has 0 aliphatic carbocycles. The second-order valence-electron chi connectivity index (χ2n) is 7.42. The number of ether oxygens (including phenoxy) is 1. The van der Waals surface area contributed by atoms with Crippen LogP contribution in [0.2, 0.25) is 10.0 Å². The average Bonchev–Trinajstić information content (AvgIpc) is 2.71. The van der Waals surface area contributed by atoms with Crippen LogP contribution in [-0.4, -0.2) is 44.2 Å². The van der Waals surface area contributed by atoms with Gasteiger partial charge in [0.15, 0.2) is 0 Å². The highest BCUT2D eigenvalue weighted by molar-refractivity contribution is 6.42. The van der Waals surface area contributed by atoms with E-state index in [4.69, 9.17) is 27.9 Å². The maximum atomic E-state index is 12.6. The Kier molecular flexibility index (Phi) is 7.36. The van der Waals surface area contributed by atoms with Crippen molar-refractivity contribution in [3.8, 4) is 0 Å². The molecule has 0 bridgehead atoms. The van der Waals surface area contributed by atoms with Gasteiger partial charge in [0.05, 0.1) is 16.6 Å². The van der Waals surface area contributed by atoms with Crippen LogP contribution in [0.3, 0.4) is 0 Å². The maximum absolute atomic E-state index is 12.6. The Balaban J connectivity index is 1.58. The molecule has 0 spiro atoms. The van der Waals surface area contributed by atoms with Gasteiger partial charge in [0.25, 0.3) is 0 Å². The van der Waals surface area contributed by atoms with Gasteiger partial charge in [0, 0.05) is 31.7 Å². The van der Waals surface area contributed by atoms with E-state index < -0.39 is 0 Å². The Hall–Kier alpha value is -1.59. The zero-order valence-corrected chi connectivity index (χ0v) is 17.6. The zero-order valence-electron chi connectivity index (χ0n) is 16.1. The van der Waals surface area contributed by atoms with E-state index in [-0.39, 0.29) is 11.3 Å². The fourth-order valence-corrected chi connectivity index (χ4v) is 4.09. The van der Waals surface area contributed by atoms with E-state index >= 15 is 0 Å². The number of likely N-dealkylation sites (N-methyl/N-ethyl adjacent to an activating group) is 1. The van der Waals surface area contributed by atoms with Crippen LogP contribution in [0.1, 0.15) is 24.0 Å². The lowest BCUT2D eigenvalue weighted by Crippen LogP contribution is -2.46.